The minimum absolute atomic E-state index is 0.510. The predicted octanol–water partition coefficient (Wildman–Crippen LogP) is 3.96. The van der Waals surface area contributed by atoms with Crippen molar-refractivity contribution in [2.75, 3.05) is 5.75 Å². The van der Waals surface area contributed by atoms with Crippen LogP contribution in [-0.4, -0.2) is 5.75 Å². The topological polar surface area (TPSA) is 0 Å². The van der Waals surface area contributed by atoms with Gasteiger partial charge in [0.25, 0.3) is 0 Å². The molecular formula is C11H11F3S. The van der Waals surface area contributed by atoms with Gasteiger partial charge < -0.3 is 0 Å². The molecule has 1 aromatic rings. The molecule has 0 aliphatic heterocycles. The molecule has 0 aliphatic carbocycles. The summed E-state index contributed by atoms with van der Waals surface area (Å²) in [7, 11) is 0. The second kappa shape index (κ2) is 4.75. The second-order valence-electron chi connectivity index (χ2n) is 3.15. The van der Waals surface area contributed by atoms with E-state index in [9.17, 15) is 13.2 Å². The zero-order chi connectivity index (χ0) is 11.5. The van der Waals surface area contributed by atoms with E-state index in [4.69, 9.17) is 0 Å². The lowest BCUT2D eigenvalue weighted by Crippen LogP contribution is -2.05. The van der Waals surface area contributed by atoms with E-state index < -0.39 is 11.7 Å². The maximum absolute atomic E-state index is 12.4. The molecule has 0 amide bonds. The number of hydrogen-bond donors (Lipinski definition) is 1. The summed E-state index contributed by atoms with van der Waals surface area (Å²) in [6.45, 7) is 1.78. The Kier molecular flexibility index (Phi) is 3.85. The Morgan fingerprint density at radius 3 is 2.53 bits per heavy atom. The van der Waals surface area contributed by atoms with Crippen LogP contribution in [0, 0.1) is 6.92 Å². The molecule has 1 rings (SSSR count). The lowest BCUT2D eigenvalue weighted by molar-refractivity contribution is -0.137. The monoisotopic (exact) mass is 232 g/mol. The van der Waals surface area contributed by atoms with Crippen molar-refractivity contribution in [2.45, 2.75) is 13.1 Å². The van der Waals surface area contributed by atoms with Crippen LogP contribution in [0.5, 0.6) is 0 Å². The van der Waals surface area contributed by atoms with E-state index in [1.807, 2.05) is 0 Å². The van der Waals surface area contributed by atoms with E-state index in [0.717, 1.165) is 17.7 Å². The maximum Gasteiger partial charge on any atom is 0.416 e. The van der Waals surface area contributed by atoms with Gasteiger partial charge in [-0.3, -0.25) is 0 Å². The fourth-order valence-electron chi connectivity index (χ4n) is 1.18. The summed E-state index contributed by atoms with van der Waals surface area (Å²) in [5, 5.41) is 0. The van der Waals surface area contributed by atoms with Crippen molar-refractivity contribution < 1.29 is 13.2 Å². The Labute approximate surface area is 92.2 Å². The van der Waals surface area contributed by atoms with E-state index in [-0.39, 0.29) is 0 Å². The lowest BCUT2D eigenvalue weighted by Gasteiger charge is -2.08. The molecule has 0 bridgehead atoms. The molecule has 0 aromatic heterocycles. The summed E-state index contributed by atoms with van der Waals surface area (Å²) in [5.74, 6) is 0.510. The zero-order valence-electron chi connectivity index (χ0n) is 8.17. The highest BCUT2D eigenvalue weighted by Crippen LogP contribution is 2.30. The third-order valence-corrected chi connectivity index (χ3v) is 2.22. The molecule has 0 unspecified atom stereocenters. The van der Waals surface area contributed by atoms with Crippen LogP contribution in [-0.2, 0) is 6.18 Å². The van der Waals surface area contributed by atoms with Crippen molar-refractivity contribution in [2.24, 2.45) is 0 Å². The number of halogens is 3. The summed E-state index contributed by atoms with van der Waals surface area (Å²) in [6, 6.07) is 3.71. The number of benzene rings is 1. The molecule has 4 heteroatoms. The van der Waals surface area contributed by atoms with Crippen molar-refractivity contribution in [1.82, 2.24) is 0 Å². The predicted molar refractivity (Wildman–Crippen MR) is 59.1 cm³/mol. The largest absolute Gasteiger partial charge is 0.416 e. The first kappa shape index (κ1) is 12.2. The van der Waals surface area contributed by atoms with Crippen LogP contribution >= 0.6 is 12.6 Å². The van der Waals surface area contributed by atoms with Gasteiger partial charge in [-0.05, 0) is 30.2 Å². The first-order valence-corrected chi connectivity index (χ1v) is 5.03. The second-order valence-corrected chi connectivity index (χ2v) is 3.52. The minimum Gasteiger partial charge on any atom is -0.175 e. The van der Waals surface area contributed by atoms with Crippen molar-refractivity contribution in [3.63, 3.8) is 0 Å². The Hall–Kier alpha value is -0.900. The summed E-state index contributed by atoms with van der Waals surface area (Å²) < 4.78 is 37.1. The van der Waals surface area contributed by atoms with Crippen LogP contribution in [0.3, 0.4) is 0 Å². The summed E-state index contributed by atoms with van der Waals surface area (Å²) in [6.07, 6.45) is -0.916. The van der Waals surface area contributed by atoms with Gasteiger partial charge in [0.1, 0.15) is 0 Å². The number of aryl methyl sites for hydroxylation is 1. The molecule has 0 radical (unpaired) electrons. The average molecular weight is 232 g/mol. The molecule has 0 aliphatic rings. The molecule has 0 N–H and O–H groups in total. The quantitative estimate of drug-likeness (QED) is 0.733. The standard InChI is InChI=1S/C11H11F3S/c1-8-4-5-10(11(12,13)14)7-9(8)3-2-6-15/h2-5,7,15H,6H2,1H3. The van der Waals surface area contributed by atoms with Crippen LogP contribution in [0.15, 0.2) is 24.3 Å². The normalized spacial score (nSPS) is 12.3. The van der Waals surface area contributed by atoms with Crippen molar-refractivity contribution in [3.05, 3.63) is 41.0 Å². The summed E-state index contributed by atoms with van der Waals surface area (Å²) in [4.78, 5) is 0. The van der Waals surface area contributed by atoms with Crippen molar-refractivity contribution in [3.8, 4) is 0 Å². The Balaban J connectivity index is 3.11. The molecule has 0 saturated heterocycles. The number of hydrogen-bond acceptors (Lipinski definition) is 1. The third-order valence-electron chi connectivity index (χ3n) is 2.01. The fourth-order valence-corrected chi connectivity index (χ4v) is 1.28. The van der Waals surface area contributed by atoms with Gasteiger partial charge in [0.15, 0.2) is 0 Å². The van der Waals surface area contributed by atoms with E-state index in [2.05, 4.69) is 12.6 Å². The number of alkyl halides is 3. The Bertz CT molecular complexity index is 367. The molecule has 0 atom stereocenters. The molecule has 1 aromatic carbocycles. The number of thiol groups is 1. The molecule has 82 valence electrons. The molecule has 0 spiro atoms. The third kappa shape index (κ3) is 3.30. The Morgan fingerprint density at radius 2 is 2.00 bits per heavy atom. The molecule has 0 fully saturated rings. The lowest BCUT2D eigenvalue weighted by atomic mass is 10.0. The van der Waals surface area contributed by atoms with Crippen molar-refractivity contribution >= 4 is 18.7 Å². The van der Waals surface area contributed by atoms with E-state index >= 15 is 0 Å². The van der Waals surface area contributed by atoms with Gasteiger partial charge in [-0.25, -0.2) is 0 Å². The fraction of sp³-hybridized carbons (Fsp3) is 0.273. The Morgan fingerprint density at radius 1 is 1.33 bits per heavy atom. The highest BCUT2D eigenvalue weighted by atomic mass is 32.1. The van der Waals surface area contributed by atoms with Gasteiger partial charge >= 0.3 is 6.18 Å². The van der Waals surface area contributed by atoms with Crippen LogP contribution < -0.4 is 0 Å². The van der Waals surface area contributed by atoms with Crippen LogP contribution in [0.25, 0.3) is 6.08 Å². The average Bonchev–Trinajstić information content (AvgIpc) is 2.15. The summed E-state index contributed by atoms with van der Waals surface area (Å²) in [5.41, 5.74) is 0.784. The van der Waals surface area contributed by atoms with E-state index in [1.165, 1.54) is 6.07 Å². The van der Waals surface area contributed by atoms with Crippen LogP contribution in [0.2, 0.25) is 0 Å². The van der Waals surface area contributed by atoms with Crippen LogP contribution in [0.4, 0.5) is 13.2 Å². The minimum atomic E-state index is -4.28. The number of rotatable bonds is 2. The maximum atomic E-state index is 12.4. The van der Waals surface area contributed by atoms with Gasteiger partial charge in [-0.1, -0.05) is 18.2 Å². The highest BCUT2D eigenvalue weighted by Gasteiger charge is 2.30. The van der Waals surface area contributed by atoms with Gasteiger partial charge in [0, 0.05) is 5.75 Å². The van der Waals surface area contributed by atoms with Gasteiger partial charge in [-0.2, -0.15) is 25.8 Å². The zero-order valence-corrected chi connectivity index (χ0v) is 9.07. The smallest absolute Gasteiger partial charge is 0.175 e. The molecule has 15 heavy (non-hydrogen) atoms. The molecule has 0 nitrogen and oxygen atoms in total. The SMILES string of the molecule is Cc1ccc(C(F)(F)F)cc1C=CCS. The van der Waals surface area contributed by atoms with Crippen molar-refractivity contribution in [1.29, 1.82) is 0 Å². The van der Waals surface area contributed by atoms with E-state index in [0.29, 0.717) is 11.3 Å². The van der Waals surface area contributed by atoms with E-state index in [1.54, 1.807) is 19.1 Å². The first-order valence-electron chi connectivity index (χ1n) is 4.40. The molecule has 0 heterocycles. The van der Waals surface area contributed by atoms with Gasteiger partial charge in [0.05, 0.1) is 5.56 Å². The van der Waals surface area contributed by atoms with Gasteiger partial charge in [-0.15, -0.1) is 0 Å². The summed E-state index contributed by atoms with van der Waals surface area (Å²) >= 11 is 3.96. The highest BCUT2D eigenvalue weighted by molar-refractivity contribution is 7.80. The van der Waals surface area contributed by atoms with Gasteiger partial charge in [0.2, 0.25) is 0 Å². The van der Waals surface area contributed by atoms with Crippen LogP contribution in [0.1, 0.15) is 16.7 Å². The first-order chi connectivity index (χ1) is 6.95. The molecule has 0 saturated carbocycles. The molecular weight excluding hydrogens is 221 g/mol.